The smallest absolute Gasteiger partial charge is 0.123 e. The van der Waals surface area contributed by atoms with Crippen LogP contribution in [0.2, 0.25) is 0 Å². The molecule has 128 valence electrons. The monoisotopic (exact) mass is 318 g/mol. The summed E-state index contributed by atoms with van der Waals surface area (Å²) in [6.45, 7) is 7.02. The Balaban J connectivity index is 1.36. The van der Waals surface area contributed by atoms with E-state index in [1.54, 1.807) is 0 Å². The average molecular weight is 318 g/mol. The van der Waals surface area contributed by atoms with E-state index in [2.05, 4.69) is 28.0 Å². The molecule has 0 saturated carbocycles. The zero-order chi connectivity index (χ0) is 15.9. The Morgan fingerprint density at radius 1 is 1.00 bits per heavy atom. The number of aliphatic hydroxyl groups excluding tert-OH is 1. The normalized spacial score (nSPS) is 20.4. The lowest BCUT2D eigenvalue weighted by molar-refractivity contribution is -0.00330. The van der Waals surface area contributed by atoms with E-state index in [-0.39, 0.29) is 6.10 Å². The Morgan fingerprint density at radius 2 is 1.78 bits per heavy atom. The number of rotatable bonds is 8. The molecule has 4 nitrogen and oxygen atoms in total. The number of ether oxygens (including phenoxy) is 1. The summed E-state index contributed by atoms with van der Waals surface area (Å²) in [5.41, 5.74) is 1.23. The molecule has 0 spiro atoms. The van der Waals surface area contributed by atoms with Gasteiger partial charge in [0.05, 0.1) is 12.7 Å². The Hall–Kier alpha value is -1.10. The Morgan fingerprint density at radius 3 is 2.57 bits per heavy atom. The van der Waals surface area contributed by atoms with E-state index >= 15 is 0 Å². The van der Waals surface area contributed by atoms with Crippen LogP contribution < -0.4 is 4.74 Å². The third kappa shape index (κ3) is 5.20. The topological polar surface area (TPSA) is 35.9 Å². The van der Waals surface area contributed by atoms with Gasteiger partial charge in [0, 0.05) is 25.2 Å². The van der Waals surface area contributed by atoms with Crippen LogP contribution in [0.15, 0.2) is 24.3 Å². The van der Waals surface area contributed by atoms with Crippen molar-refractivity contribution in [3.8, 4) is 5.75 Å². The van der Waals surface area contributed by atoms with Gasteiger partial charge in [0.15, 0.2) is 0 Å². The van der Waals surface area contributed by atoms with Gasteiger partial charge in [0.1, 0.15) is 5.75 Å². The SMILES string of the molecule is OC1CN(Cc2ccccc2OCCCCN2CCCCC2)C1. The van der Waals surface area contributed by atoms with Crippen LogP contribution in [0, 0.1) is 0 Å². The number of hydrogen-bond acceptors (Lipinski definition) is 4. The maximum absolute atomic E-state index is 9.40. The molecule has 23 heavy (non-hydrogen) atoms. The molecule has 3 rings (SSSR count). The second-order valence-electron chi connectivity index (χ2n) is 6.91. The molecular formula is C19H30N2O2. The van der Waals surface area contributed by atoms with Gasteiger partial charge in [-0.25, -0.2) is 0 Å². The number of piperidine rings is 1. The molecular weight excluding hydrogens is 288 g/mol. The molecule has 0 radical (unpaired) electrons. The van der Waals surface area contributed by atoms with Crippen LogP contribution in [-0.4, -0.2) is 60.3 Å². The van der Waals surface area contributed by atoms with Gasteiger partial charge in [-0.2, -0.15) is 0 Å². The van der Waals surface area contributed by atoms with Crippen LogP contribution in [-0.2, 0) is 6.54 Å². The molecule has 0 unspecified atom stereocenters. The zero-order valence-electron chi connectivity index (χ0n) is 14.1. The van der Waals surface area contributed by atoms with E-state index in [0.717, 1.165) is 38.4 Å². The minimum atomic E-state index is -0.141. The first kappa shape index (κ1) is 16.7. The lowest BCUT2D eigenvalue weighted by atomic mass is 10.1. The Kier molecular flexibility index (Phi) is 6.31. The summed E-state index contributed by atoms with van der Waals surface area (Å²) in [6.07, 6.45) is 6.35. The van der Waals surface area contributed by atoms with E-state index in [1.807, 2.05) is 6.07 Å². The molecule has 0 aromatic heterocycles. The average Bonchev–Trinajstić information content (AvgIpc) is 2.55. The number of benzene rings is 1. The molecule has 4 heteroatoms. The number of β-amino-alcohol motifs (C(OH)–C–C–N with tert-alkyl or cyclic N) is 1. The second kappa shape index (κ2) is 8.67. The molecule has 2 heterocycles. The lowest BCUT2D eigenvalue weighted by Gasteiger charge is -2.36. The van der Waals surface area contributed by atoms with Gasteiger partial charge in [0.2, 0.25) is 0 Å². The minimum Gasteiger partial charge on any atom is -0.493 e. The number of aliphatic hydroxyl groups is 1. The maximum atomic E-state index is 9.40. The number of unbranched alkanes of at least 4 members (excludes halogenated alkanes) is 1. The number of hydrogen-bond donors (Lipinski definition) is 1. The Labute approximate surface area is 140 Å². The molecule has 0 bridgehead atoms. The van der Waals surface area contributed by atoms with E-state index in [4.69, 9.17) is 4.74 Å². The molecule has 2 saturated heterocycles. The lowest BCUT2D eigenvalue weighted by Crippen LogP contribution is -2.49. The van der Waals surface area contributed by atoms with Crippen LogP contribution in [0.5, 0.6) is 5.75 Å². The van der Waals surface area contributed by atoms with Gasteiger partial charge in [-0.05, 0) is 51.4 Å². The van der Waals surface area contributed by atoms with Crippen LogP contribution in [0.1, 0.15) is 37.7 Å². The first-order valence-electron chi connectivity index (χ1n) is 9.15. The summed E-state index contributed by atoms with van der Waals surface area (Å²) in [4.78, 5) is 4.84. The van der Waals surface area contributed by atoms with Crippen molar-refractivity contribution in [1.29, 1.82) is 0 Å². The fraction of sp³-hybridized carbons (Fsp3) is 0.684. The van der Waals surface area contributed by atoms with Crippen molar-refractivity contribution in [3.63, 3.8) is 0 Å². The van der Waals surface area contributed by atoms with Crippen molar-refractivity contribution in [2.75, 3.05) is 39.3 Å². The van der Waals surface area contributed by atoms with E-state index < -0.39 is 0 Å². The van der Waals surface area contributed by atoms with Crippen LogP contribution >= 0.6 is 0 Å². The summed E-state index contributed by atoms with van der Waals surface area (Å²) < 4.78 is 6.02. The summed E-state index contributed by atoms with van der Waals surface area (Å²) in [6, 6.07) is 8.30. The molecule has 2 aliphatic rings. The quantitative estimate of drug-likeness (QED) is 0.747. The Bertz CT molecular complexity index is 468. The highest BCUT2D eigenvalue weighted by Gasteiger charge is 2.24. The van der Waals surface area contributed by atoms with E-state index in [1.165, 1.54) is 50.9 Å². The molecule has 1 N–H and O–H groups in total. The van der Waals surface area contributed by atoms with Gasteiger partial charge in [0.25, 0.3) is 0 Å². The van der Waals surface area contributed by atoms with Gasteiger partial charge in [-0.1, -0.05) is 24.6 Å². The summed E-state index contributed by atoms with van der Waals surface area (Å²) in [5, 5.41) is 9.40. The van der Waals surface area contributed by atoms with Crippen molar-refractivity contribution in [2.24, 2.45) is 0 Å². The largest absolute Gasteiger partial charge is 0.493 e. The van der Waals surface area contributed by atoms with E-state index in [9.17, 15) is 5.11 Å². The molecule has 2 aliphatic heterocycles. The fourth-order valence-electron chi connectivity index (χ4n) is 3.49. The summed E-state index contributed by atoms with van der Waals surface area (Å²) >= 11 is 0. The van der Waals surface area contributed by atoms with E-state index in [0.29, 0.717) is 0 Å². The predicted octanol–water partition coefficient (Wildman–Crippen LogP) is 2.51. The van der Waals surface area contributed by atoms with Gasteiger partial charge in [-0.3, -0.25) is 4.90 Å². The van der Waals surface area contributed by atoms with Crippen LogP contribution in [0.3, 0.4) is 0 Å². The predicted molar refractivity (Wildman–Crippen MR) is 92.7 cm³/mol. The molecule has 1 aromatic rings. The third-order valence-corrected chi connectivity index (χ3v) is 4.88. The first-order chi connectivity index (χ1) is 11.3. The third-order valence-electron chi connectivity index (χ3n) is 4.88. The highest BCUT2D eigenvalue weighted by molar-refractivity contribution is 5.33. The van der Waals surface area contributed by atoms with Crippen molar-refractivity contribution in [3.05, 3.63) is 29.8 Å². The van der Waals surface area contributed by atoms with Gasteiger partial charge in [-0.15, -0.1) is 0 Å². The number of likely N-dealkylation sites (tertiary alicyclic amines) is 2. The molecule has 0 aliphatic carbocycles. The standard InChI is InChI=1S/C19H30N2O2/c22-18-15-21(16-18)14-17-8-2-3-9-19(17)23-13-7-6-12-20-10-4-1-5-11-20/h2-3,8-9,18,22H,1,4-7,10-16H2. The zero-order valence-corrected chi connectivity index (χ0v) is 14.1. The first-order valence-corrected chi connectivity index (χ1v) is 9.15. The highest BCUT2D eigenvalue weighted by Crippen LogP contribution is 2.22. The van der Waals surface area contributed by atoms with Crippen molar-refractivity contribution < 1.29 is 9.84 Å². The second-order valence-corrected chi connectivity index (χ2v) is 6.91. The van der Waals surface area contributed by atoms with Crippen LogP contribution in [0.4, 0.5) is 0 Å². The van der Waals surface area contributed by atoms with Crippen molar-refractivity contribution in [1.82, 2.24) is 9.80 Å². The molecule has 2 fully saturated rings. The molecule has 0 amide bonds. The summed E-state index contributed by atoms with van der Waals surface area (Å²) in [5.74, 6) is 1.01. The number of para-hydroxylation sites is 1. The van der Waals surface area contributed by atoms with Gasteiger partial charge >= 0.3 is 0 Å². The minimum absolute atomic E-state index is 0.141. The fourth-order valence-corrected chi connectivity index (χ4v) is 3.49. The maximum Gasteiger partial charge on any atom is 0.123 e. The van der Waals surface area contributed by atoms with Crippen molar-refractivity contribution in [2.45, 2.75) is 44.8 Å². The van der Waals surface area contributed by atoms with Crippen LogP contribution in [0.25, 0.3) is 0 Å². The molecule has 0 atom stereocenters. The highest BCUT2D eigenvalue weighted by atomic mass is 16.5. The van der Waals surface area contributed by atoms with Crippen molar-refractivity contribution >= 4 is 0 Å². The molecule has 1 aromatic carbocycles. The number of nitrogens with zero attached hydrogens (tertiary/aromatic N) is 2. The van der Waals surface area contributed by atoms with Gasteiger partial charge < -0.3 is 14.7 Å². The summed E-state index contributed by atoms with van der Waals surface area (Å²) in [7, 11) is 0.